The third-order valence-corrected chi connectivity index (χ3v) is 4.83. The van der Waals surface area contributed by atoms with Crippen LogP contribution in [0.2, 0.25) is 0 Å². The van der Waals surface area contributed by atoms with E-state index in [0.29, 0.717) is 5.56 Å². The van der Waals surface area contributed by atoms with Crippen LogP contribution in [0.3, 0.4) is 0 Å². The number of amides is 1. The largest absolute Gasteiger partial charge is 0.347 e. The number of hydrogen-bond acceptors (Lipinski definition) is 3. The molecule has 0 spiro atoms. The molecule has 3 aromatic rings. The lowest BCUT2D eigenvalue weighted by Crippen LogP contribution is -2.40. The molecule has 0 aliphatic carbocycles. The van der Waals surface area contributed by atoms with Crippen molar-refractivity contribution in [2.24, 2.45) is 0 Å². The number of hydrogen-bond donors (Lipinski definition) is 1. The molecule has 1 aliphatic heterocycles. The molecule has 1 aromatic carbocycles. The standard InChI is InChI=1S/C20H23N5O/c1-13-10-15(3)25(23-13)18-7-4-16(5-8-18)20(26)22-17-6-9-19-21-14(2)11-24(19)12-17/h4-5,7-8,10-11,17H,6,9,12H2,1-3H3,(H,22,26). The molecule has 1 amide bonds. The van der Waals surface area contributed by atoms with Crippen molar-refractivity contribution >= 4 is 5.91 Å². The number of nitrogens with one attached hydrogen (secondary N) is 1. The van der Waals surface area contributed by atoms with Gasteiger partial charge in [-0.25, -0.2) is 9.67 Å². The van der Waals surface area contributed by atoms with E-state index < -0.39 is 0 Å². The molecule has 1 unspecified atom stereocenters. The fourth-order valence-corrected chi connectivity index (χ4v) is 3.62. The van der Waals surface area contributed by atoms with Gasteiger partial charge in [-0.05, 0) is 57.5 Å². The zero-order valence-electron chi connectivity index (χ0n) is 15.4. The van der Waals surface area contributed by atoms with Crippen LogP contribution in [0.15, 0.2) is 36.5 Å². The van der Waals surface area contributed by atoms with E-state index in [-0.39, 0.29) is 11.9 Å². The number of rotatable bonds is 3. The highest BCUT2D eigenvalue weighted by atomic mass is 16.1. The summed E-state index contributed by atoms with van der Waals surface area (Å²) in [5.74, 6) is 1.08. The van der Waals surface area contributed by atoms with Crippen molar-refractivity contribution < 1.29 is 4.79 Å². The quantitative estimate of drug-likeness (QED) is 0.791. The number of carbonyl (C=O) groups is 1. The Labute approximate surface area is 152 Å². The summed E-state index contributed by atoms with van der Waals surface area (Å²) in [5, 5.41) is 7.63. The highest BCUT2D eigenvalue weighted by molar-refractivity contribution is 5.94. The fraction of sp³-hybridized carbons (Fsp3) is 0.350. The summed E-state index contributed by atoms with van der Waals surface area (Å²) in [7, 11) is 0. The SMILES string of the molecule is Cc1cn2c(n1)CCC(NC(=O)c1ccc(-n3nc(C)cc3C)cc1)C2. The van der Waals surface area contributed by atoms with Crippen molar-refractivity contribution in [2.75, 3.05) is 0 Å². The van der Waals surface area contributed by atoms with Crippen LogP contribution in [0.4, 0.5) is 0 Å². The van der Waals surface area contributed by atoms with Crippen molar-refractivity contribution in [3.63, 3.8) is 0 Å². The van der Waals surface area contributed by atoms with Crippen LogP contribution in [-0.2, 0) is 13.0 Å². The Hall–Kier alpha value is -2.89. The summed E-state index contributed by atoms with van der Waals surface area (Å²) < 4.78 is 4.04. The molecule has 2 aromatic heterocycles. The monoisotopic (exact) mass is 349 g/mol. The summed E-state index contributed by atoms with van der Waals surface area (Å²) in [6, 6.07) is 9.77. The minimum atomic E-state index is -0.0322. The van der Waals surface area contributed by atoms with Gasteiger partial charge in [0.05, 0.1) is 17.1 Å². The second-order valence-electron chi connectivity index (χ2n) is 7.05. The summed E-state index contributed by atoms with van der Waals surface area (Å²) in [4.78, 5) is 17.1. The molecular weight excluding hydrogens is 326 g/mol. The molecule has 1 atom stereocenters. The predicted molar refractivity (Wildman–Crippen MR) is 99.6 cm³/mol. The highest BCUT2D eigenvalue weighted by Gasteiger charge is 2.21. The first-order chi connectivity index (χ1) is 12.5. The van der Waals surface area contributed by atoms with E-state index in [1.165, 1.54) is 0 Å². The van der Waals surface area contributed by atoms with Crippen LogP contribution in [0.1, 0.15) is 39.7 Å². The third-order valence-electron chi connectivity index (χ3n) is 4.83. The molecule has 1 N–H and O–H groups in total. The Morgan fingerprint density at radius 2 is 1.92 bits per heavy atom. The average Bonchev–Trinajstić information content (AvgIpc) is 3.15. The van der Waals surface area contributed by atoms with Gasteiger partial charge in [-0.3, -0.25) is 4.79 Å². The van der Waals surface area contributed by atoms with E-state index in [1.807, 2.05) is 55.8 Å². The minimum absolute atomic E-state index is 0.0322. The van der Waals surface area contributed by atoms with Crippen LogP contribution in [0, 0.1) is 20.8 Å². The zero-order valence-corrected chi connectivity index (χ0v) is 15.4. The Morgan fingerprint density at radius 3 is 2.62 bits per heavy atom. The van der Waals surface area contributed by atoms with Crippen molar-refractivity contribution in [2.45, 2.75) is 46.2 Å². The van der Waals surface area contributed by atoms with Gasteiger partial charge in [0.2, 0.25) is 0 Å². The molecule has 3 heterocycles. The lowest BCUT2D eigenvalue weighted by molar-refractivity contribution is 0.0927. The molecule has 1 aliphatic rings. The number of aromatic nitrogens is 4. The lowest BCUT2D eigenvalue weighted by Gasteiger charge is -2.24. The van der Waals surface area contributed by atoms with Crippen LogP contribution < -0.4 is 5.32 Å². The number of aryl methyl sites for hydroxylation is 4. The maximum Gasteiger partial charge on any atom is 0.251 e. The first-order valence-corrected chi connectivity index (χ1v) is 8.97. The van der Waals surface area contributed by atoms with Crippen LogP contribution >= 0.6 is 0 Å². The normalized spacial score (nSPS) is 16.3. The maximum absolute atomic E-state index is 12.6. The summed E-state index contributed by atoms with van der Waals surface area (Å²) in [5.41, 5.74) is 4.72. The van der Waals surface area contributed by atoms with Gasteiger partial charge in [0.1, 0.15) is 5.82 Å². The first-order valence-electron chi connectivity index (χ1n) is 8.97. The Morgan fingerprint density at radius 1 is 1.15 bits per heavy atom. The van der Waals surface area contributed by atoms with Gasteiger partial charge in [-0.15, -0.1) is 0 Å². The van der Waals surface area contributed by atoms with Gasteiger partial charge in [0.25, 0.3) is 5.91 Å². The number of carbonyl (C=O) groups excluding carboxylic acids is 1. The molecule has 0 bridgehead atoms. The smallest absolute Gasteiger partial charge is 0.251 e. The Bertz CT molecular complexity index is 951. The predicted octanol–water partition coefficient (Wildman–Crippen LogP) is 2.74. The van der Waals surface area contributed by atoms with E-state index >= 15 is 0 Å². The molecule has 0 radical (unpaired) electrons. The van der Waals surface area contributed by atoms with Gasteiger partial charge in [-0.1, -0.05) is 0 Å². The second kappa shape index (κ2) is 6.44. The van der Waals surface area contributed by atoms with Gasteiger partial charge in [0, 0.05) is 36.5 Å². The summed E-state index contributed by atoms with van der Waals surface area (Å²) in [6.07, 6.45) is 3.87. The Kier molecular flexibility index (Phi) is 4.11. The number of fused-ring (bicyclic) bond motifs is 1. The van der Waals surface area contributed by atoms with Gasteiger partial charge >= 0.3 is 0 Å². The van der Waals surface area contributed by atoms with Crippen LogP contribution in [-0.4, -0.2) is 31.3 Å². The van der Waals surface area contributed by atoms with E-state index in [1.54, 1.807) is 0 Å². The van der Waals surface area contributed by atoms with Gasteiger partial charge < -0.3 is 9.88 Å². The number of benzene rings is 1. The van der Waals surface area contributed by atoms with Gasteiger partial charge in [-0.2, -0.15) is 5.10 Å². The van der Waals surface area contributed by atoms with Crippen molar-refractivity contribution in [1.29, 1.82) is 0 Å². The molecule has 134 valence electrons. The van der Waals surface area contributed by atoms with E-state index in [9.17, 15) is 4.79 Å². The fourth-order valence-electron chi connectivity index (χ4n) is 3.62. The summed E-state index contributed by atoms with van der Waals surface area (Å²) in [6.45, 7) is 6.79. The molecule has 0 saturated heterocycles. The minimum Gasteiger partial charge on any atom is -0.347 e. The maximum atomic E-state index is 12.6. The first kappa shape index (κ1) is 16.6. The molecule has 26 heavy (non-hydrogen) atoms. The Balaban J connectivity index is 1.45. The van der Waals surface area contributed by atoms with Crippen molar-refractivity contribution in [3.05, 3.63) is 65.0 Å². The second-order valence-corrected chi connectivity index (χ2v) is 7.05. The topological polar surface area (TPSA) is 64.7 Å². The van der Waals surface area contributed by atoms with Gasteiger partial charge in [0.15, 0.2) is 0 Å². The van der Waals surface area contributed by atoms with Crippen molar-refractivity contribution in [3.8, 4) is 5.69 Å². The van der Waals surface area contributed by atoms with Crippen LogP contribution in [0.25, 0.3) is 5.69 Å². The van der Waals surface area contributed by atoms with Crippen LogP contribution in [0.5, 0.6) is 0 Å². The third kappa shape index (κ3) is 3.14. The van der Waals surface area contributed by atoms with E-state index in [2.05, 4.69) is 26.2 Å². The zero-order chi connectivity index (χ0) is 18.3. The highest BCUT2D eigenvalue weighted by Crippen LogP contribution is 2.17. The van der Waals surface area contributed by atoms with E-state index in [4.69, 9.17) is 0 Å². The number of nitrogens with zero attached hydrogens (tertiary/aromatic N) is 4. The molecule has 6 heteroatoms. The van der Waals surface area contributed by atoms with E-state index in [0.717, 1.165) is 48.0 Å². The molecule has 0 fully saturated rings. The molecule has 4 rings (SSSR count). The molecular formula is C20H23N5O. The average molecular weight is 349 g/mol. The number of imidazole rings is 1. The lowest BCUT2D eigenvalue weighted by atomic mass is 10.1. The molecule has 0 saturated carbocycles. The molecule has 6 nitrogen and oxygen atoms in total. The summed E-state index contributed by atoms with van der Waals surface area (Å²) >= 11 is 0. The van der Waals surface area contributed by atoms with Crippen molar-refractivity contribution in [1.82, 2.24) is 24.6 Å².